The Morgan fingerprint density at radius 2 is 1.74 bits per heavy atom. The van der Waals surface area contributed by atoms with Crippen LogP contribution in [0.5, 0.6) is 0 Å². The fraction of sp³-hybridized carbons (Fsp3) is 0.935. The molecule has 0 aromatic carbocycles. The maximum Gasteiger partial charge on any atom is 0.0613 e. The van der Waals surface area contributed by atoms with E-state index in [0.29, 0.717) is 23.4 Å². The van der Waals surface area contributed by atoms with Gasteiger partial charge in [-0.05, 0) is 118 Å². The van der Waals surface area contributed by atoms with Gasteiger partial charge in [-0.1, -0.05) is 39.3 Å². The molecular weight excluding hydrogens is 436 g/mol. The van der Waals surface area contributed by atoms with Crippen molar-refractivity contribution in [2.45, 2.75) is 117 Å². The summed E-state index contributed by atoms with van der Waals surface area (Å²) in [5, 5.41) is 29.5. The molecule has 0 aromatic heterocycles. The van der Waals surface area contributed by atoms with Crippen molar-refractivity contribution in [2.24, 2.45) is 45.8 Å². The number of fused-ring (bicyclic) bond motifs is 5. The zero-order valence-corrected chi connectivity index (χ0v) is 23.5. The predicted octanol–water partition coefficient (Wildman–Crippen LogP) is 6.13. The van der Waals surface area contributed by atoms with Crippen LogP contribution in [0.15, 0.2) is 11.6 Å². The molecule has 3 fully saturated rings. The molecule has 4 nitrogen and oxygen atoms in total. The van der Waals surface area contributed by atoms with Gasteiger partial charge < -0.3 is 20.1 Å². The van der Waals surface area contributed by atoms with E-state index in [2.05, 4.69) is 26.8 Å². The van der Waals surface area contributed by atoms with Crippen molar-refractivity contribution in [2.75, 3.05) is 19.8 Å². The number of allylic oxidation sites excluding steroid dienone is 1. The van der Waals surface area contributed by atoms with Crippen LogP contribution in [-0.2, 0) is 4.74 Å². The van der Waals surface area contributed by atoms with Gasteiger partial charge in [0.15, 0.2) is 0 Å². The molecule has 3 N–H and O–H groups in total. The Balaban J connectivity index is 1.43. The Labute approximate surface area is 214 Å². The highest BCUT2D eigenvalue weighted by molar-refractivity contribution is 5.25. The fourth-order valence-corrected chi connectivity index (χ4v) is 8.99. The third-order valence-corrected chi connectivity index (χ3v) is 11.5. The minimum atomic E-state index is -0.554. The summed E-state index contributed by atoms with van der Waals surface area (Å²) in [5.41, 5.74) is 1.29. The Kier molecular flexibility index (Phi) is 7.92. The van der Waals surface area contributed by atoms with Crippen molar-refractivity contribution in [3.63, 3.8) is 0 Å². The van der Waals surface area contributed by atoms with Crippen molar-refractivity contribution in [3.8, 4) is 0 Å². The number of hydrogen-bond donors (Lipinski definition) is 3. The molecule has 3 saturated carbocycles. The Morgan fingerprint density at radius 1 is 1.03 bits per heavy atom. The first-order valence-electron chi connectivity index (χ1n) is 14.6. The highest BCUT2D eigenvalue weighted by atomic mass is 16.5. The Bertz CT molecular complexity index is 764. The van der Waals surface area contributed by atoms with Crippen LogP contribution in [-0.4, -0.2) is 46.8 Å². The molecule has 8 atom stereocenters. The van der Waals surface area contributed by atoms with E-state index in [1.54, 1.807) is 5.57 Å². The van der Waals surface area contributed by atoms with E-state index in [4.69, 9.17) is 4.74 Å². The molecule has 4 aliphatic rings. The minimum Gasteiger partial charge on any atom is -0.396 e. The topological polar surface area (TPSA) is 69.9 Å². The molecule has 0 radical (unpaired) electrons. The average molecular weight is 491 g/mol. The van der Waals surface area contributed by atoms with Crippen molar-refractivity contribution in [1.82, 2.24) is 0 Å². The highest BCUT2D eigenvalue weighted by Gasteiger charge is 2.59. The number of aliphatic hydroxyl groups is 3. The first-order chi connectivity index (χ1) is 16.4. The lowest BCUT2D eigenvalue weighted by Gasteiger charge is -2.58. The van der Waals surface area contributed by atoms with Crippen molar-refractivity contribution in [3.05, 3.63) is 11.6 Å². The number of ether oxygens (including phenoxy) is 1. The molecular formula is C31H54O4. The summed E-state index contributed by atoms with van der Waals surface area (Å²) < 4.78 is 6.25. The fourth-order valence-electron chi connectivity index (χ4n) is 8.99. The quantitative estimate of drug-likeness (QED) is 0.340. The molecule has 202 valence electrons. The van der Waals surface area contributed by atoms with Gasteiger partial charge in [0.2, 0.25) is 0 Å². The first kappa shape index (κ1) is 27.6. The molecule has 4 heteroatoms. The van der Waals surface area contributed by atoms with E-state index >= 15 is 0 Å². The molecule has 0 aromatic rings. The van der Waals surface area contributed by atoms with Crippen LogP contribution in [0.4, 0.5) is 0 Å². The molecule has 0 amide bonds. The first-order valence-corrected chi connectivity index (χ1v) is 14.6. The van der Waals surface area contributed by atoms with Gasteiger partial charge in [-0.2, -0.15) is 0 Å². The standard InChI is InChI=1S/C31H54O4/c1-21(11-14-28(2,3)34)25-9-10-26-24-8-7-22-17-23(35-20-29(4,18-32)19-33)12-15-30(22,5)27(24)13-16-31(25,26)6/h7,21,23-27,32-34H,8-20H2,1-6H3/t21-,23+,24+,25-,26+,27+,30+,31-/m1/s1. The maximum atomic E-state index is 10.3. The van der Waals surface area contributed by atoms with Crippen molar-refractivity contribution < 1.29 is 20.1 Å². The summed E-state index contributed by atoms with van der Waals surface area (Å²) in [4.78, 5) is 0. The predicted molar refractivity (Wildman–Crippen MR) is 142 cm³/mol. The van der Waals surface area contributed by atoms with Crippen LogP contribution >= 0.6 is 0 Å². The summed E-state index contributed by atoms with van der Waals surface area (Å²) in [5.74, 6) is 3.94. The lowest BCUT2D eigenvalue weighted by Crippen LogP contribution is -2.51. The summed E-state index contributed by atoms with van der Waals surface area (Å²) in [6.07, 6.45) is 14.9. The van der Waals surface area contributed by atoms with Crippen molar-refractivity contribution in [1.29, 1.82) is 0 Å². The highest BCUT2D eigenvalue weighted by Crippen LogP contribution is 2.67. The van der Waals surface area contributed by atoms with Crippen LogP contribution in [0.2, 0.25) is 0 Å². The largest absolute Gasteiger partial charge is 0.396 e. The zero-order chi connectivity index (χ0) is 25.6. The molecule has 0 heterocycles. The second-order valence-electron chi connectivity index (χ2n) is 14.6. The van der Waals surface area contributed by atoms with Crippen LogP contribution in [0.1, 0.15) is 106 Å². The van der Waals surface area contributed by atoms with E-state index in [0.717, 1.165) is 49.4 Å². The second kappa shape index (κ2) is 10.0. The summed E-state index contributed by atoms with van der Waals surface area (Å²) >= 11 is 0. The Hall–Kier alpha value is -0.420. The normalized spacial score (nSPS) is 40.5. The third-order valence-electron chi connectivity index (χ3n) is 11.5. The van der Waals surface area contributed by atoms with Gasteiger partial charge >= 0.3 is 0 Å². The van der Waals surface area contributed by atoms with E-state index in [9.17, 15) is 15.3 Å². The molecule has 0 saturated heterocycles. The van der Waals surface area contributed by atoms with Gasteiger partial charge in [-0.15, -0.1) is 0 Å². The number of hydrogen-bond acceptors (Lipinski definition) is 4. The Morgan fingerprint density at radius 3 is 2.40 bits per heavy atom. The SMILES string of the molecule is C[C@H](CCC(C)(C)O)[C@H]1CC[C@H]2[C@@H]3CC=C4C[C@@H](OCC(C)(CO)CO)CC[C@]4(C)[C@H]3CC[C@]12C. The van der Waals surface area contributed by atoms with E-state index in [1.807, 2.05) is 20.8 Å². The van der Waals surface area contributed by atoms with Gasteiger partial charge in [0.25, 0.3) is 0 Å². The lowest BCUT2D eigenvalue weighted by atomic mass is 9.47. The summed E-state index contributed by atoms with van der Waals surface area (Å²) in [6.45, 7) is 13.8. The van der Waals surface area contributed by atoms with E-state index < -0.39 is 11.0 Å². The molecule has 35 heavy (non-hydrogen) atoms. The van der Waals surface area contributed by atoms with Crippen LogP contribution in [0.25, 0.3) is 0 Å². The molecule has 4 aliphatic carbocycles. The van der Waals surface area contributed by atoms with Crippen molar-refractivity contribution >= 4 is 0 Å². The van der Waals surface area contributed by atoms with Crippen LogP contribution in [0, 0.1) is 45.8 Å². The van der Waals surface area contributed by atoms with Gasteiger partial charge in [0, 0.05) is 5.41 Å². The molecule has 0 aliphatic heterocycles. The van der Waals surface area contributed by atoms with E-state index in [-0.39, 0.29) is 19.3 Å². The van der Waals surface area contributed by atoms with Gasteiger partial charge in [-0.25, -0.2) is 0 Å². The molecule has 0 bridgehead atoms. The van der Waals surface area contributed by atoms with Crippen LogP contribution in [0.3, 0.4) is 0 Å². The molecule has 0 unspecified atom stereocenters. The smallest absolute Gasteiger partial charge is 0.0613 e. The lowest BCUT2D eigenvalue weighted by molar-refractivity contribution is -0.0821. The maximum absolute atomic E-state index is 10.3. The minimum absolute atomic E-state index is 0.0437. The summed E-state index contributed by atoms with van der Waals surface area (Å²) in [6, 6.07) is 0. The number of rotatable bonds is 9. The summed E-state index contributed by atoms with van der Waals surface area (Å²) in [7, 11) is 0. The zero-order valence-electron chi connectivity index (χ0n) is 23.5. The van der Waals surface area contributed by atoms with E-state index in [1.165, 1.54) is 38.5 Å². The third kappa shape index (κ3) is 5.29. The van der Waals surface area contributed by atoms with Gasteiger partial charge in [0.05, 0.1) is 31.5 Å². The molecule has 4 rings (SSSR count). The van der Waals surface area contributed by atoms with Gasteiger partial charge in [-0.3, -0.25) is 0 Å². The monoisotopic (exact) mass is 490 g/mol. The second-order valence-corrected chi connectivity index (χ2v) is 14.6. The number of aliphatic hydroxyl groups excluding tert-OH is 2. The van der Waals surface area contributed by atoms with Gasteiger partial charge in [0.1, 0.15) is 0 Å². The molecule has 0 spiro atoms. The van der Waals surface area contributed by atoms with Crippen LogP contribution < -0.4 is 0 Å². The average Bonchev–Trinajstić information content (AvgIpc) is 3.17.